The molecule has 19 heavy (non-hydrogen) atoms. The smallest absolute Gasteiger partial charge is 0.0691 e. The molecule has 0 aliphatic rings. The van der Waals surface area contributed by atoms with Crippen LogP contribution in [-0.4, -0.2) is 57.3 Å². The van der Waals surface area contributed by atoms with E-state index in [4.69, 9.17) is 40.9 Å². The second-order valence-corrected chi connectivity index (χ2v) is 4.41. The van der Waals surface area contributed by atoms with Crippen molar-refractivity contribution in [3.8, 4) is 0 Å². The molecule has 0 rings (SSSR count). The number of hydrogen-bond acceptors (Lipinski definition) is 2. The molecule has 104 valence electrons. The molecule has 0 amide bonds. The summed E-state index contributed by atoms with van der Waals surface area (Å²) in [5.74, 6) is 0. The molecule has 0 aromatic carbocycles. The van der Waals surface area contributed by atoms with E-state index in [9.17, 15) is 0 Å². The number of hydrogen-bond donors (Lipinski definition) is 0. The van der Waals surface area contributed by atoms with Crippen LogP contribution in [0.25, 0.3) is 0 Å². The lowest BCUT2D eigenvalue weighted by Gasteiger charge is -2.26. The maximum atomic E-state index is 5.42. The maximum Gasteiger partial charge on any atom is 0.0691 e. The van der Waals surface area contributed by atoms with Crippen molar-refractivity contribution >= 4 is 31.4 Å². The molecule has 8 radical (unpaired) electrons. The van der Waals surface area contributed by atoms with Gasteiger partial charge in [0.05, 0.1) is 43.1 Å². The third-order valence-corrected chi connectivity index (χ3v) is 2.91. The monoisotopic (exact) mass is 260 g/mol. The fourth-order valence-electron chi connectivity index (χ4n) is 1.34. The Morgan fingerprint density at radius 2 is 1.42 bits per heavy atom. The zero-order chi connectivity index (χ0) is 14.4. The molecule has 0 N–H and O–H groups in total. The molecule has 0 fully saturated rings. The highest BCUT2D eigenvalue weighted by molar-refractivity contribution is 6.10. The van der Waals surface area contributed by atoms with Crippen LogP contribution in [0.5, 0.6) is 0 Å². The van der Waals surface area contributed by atoms with Crippen molar-refractivity contribution in [3.05, 3.63) is 0 Å². The summed E-state index contributed by atoms with van der Waals surface area (Å²) in [5.41, 5.74) is -0.214. The van der Waals surface area contributed by atoms with Crippen molar-refractivity contribution in [2.24, 2.45) is 0 Å². The van der Waals surface area contributed by atoms with Crippen LogP contribution in [-0.2, 0) is 9.47 Å². The summed E-state index contributed by atoms with van der Waals surface area (Å²) in [6.07, 6.45) is 5.42. The average Bonchev–Trinajstić information content (AvgIpc) is 2.39. The van der Waals surface area contributed by atoms with Gasteiger partial charge < -0.3 is 9.47 Å². The second kappa shape index (κ2) is 16.2. The predicted molar refractivity (Wildman–Crippen MR) is 89.0 cm³/mol. The van der Waals surface area contributed by atoms with E-state index in [-0.39, 0.29) is 19.1 Å². The highest BCUT2D eigenvalue weighted by atomic mass is 16.5. The number of ether oxygens (including phenoxy) is 2. The largest absolute Gasteiger partial charge is 0.382 e. The van der Waals surface area contributed by atoms with Gasteiger partial charge in [-0.25, -0.2) is 0 Å². The van der Waals surface area contributed by atoms with Crippen LogP contribution in [0.15, 0.2) is 0 Å². The van der Waals surface area contributed by atoms with E-state index in [1.54, 1.807) is 14.2 Å². The molecule has 0 aliphatic heterocycles. The SMILES string of the molecule is C.[B]CCC(C)(C[B])OC.[B]CCC(CC[B])OC. The van der Waals surface area contributed by atoms with Crippen molar-refractivity contribution < 1.29 is 9.47 Å². The first-order chi connectivity index (χ1) is 8.53. The first-order valence-electron chi connectivity index (χ1n) is 6.41. The molecule has 0 bridgehead atoms. The number of rotatable bonds is 9. The van der Waals surface area contributed by atoms with Crippen molar-refractivity contribution in [1.29, 1.82) is 0 Å². The van der Waals surface area contributed by atoms with E-state index in [2.05, 4.69) is 0 Å². The quantitative estimate of drug-likeness (QED) is 0.593. The van der Waals surface area contributed by atoms with Gasteiger partial charge in [-0.15, -0.1) is 0 Å². The van der Waals surface area contributed by atoms with Gasteiger partial charge in [0, 0.05) is 14.2 Å². The average molecular weight is 260 g/mol. The first-order valence-corrected chi connectivity index (χ1v) is 6.41. The molecule has 0 aliphatic carbocycles. The van der Waals surface area contributed by atoms with Crippen molar-refractivity contribution in [2.75, 3.05) is 14.2 Å². The second-order valence-electron chi connectivity index (χ2n) is 4.41. The summed E-state index contributed by atoms with van der Waals surface area (Å²) < 4.78 is 10.2. The molecule has 1 atom stereocenters. The highest BCUT2D eigenvalue weighted by Gasteiger charge is 2.17. The van der Waals surface area contributed by atoms with Crippen LogP contribution in [0, 0.1) is 0 Å². The van der Waals surface area contributed by atoms with E-state index < -0.39 is 0 Å². The number of methoxy groups -OCH3 is 2. The van der Waals surface area contributed by atoms with E-state index in [0.29, 0.717) is 25.3 Å². The van der Waals surface area contributed by atoms with Crippen molar-refractivity contribution in [3.63, 3.8) is 0 Å². The van der Waals surface area contributed by atoms with Crippen LogP contribution in [0.1, 0.15) is 33.6 Å². The standard InChI is InChI=1S/2C6H12B2O.CH4/c1-6(5-8,9-2)3-4-7;1-9-6(2-4-7)3-5-8;/h3-5H2,1-2H3;6H,2-5H2,1H3;1H4. The van der Waals surface area contributed by atoms with Gasteiger partial charge in [-0.3, -0.25) is 0 Å². The Morgan fingerprint density at radius 1 is 0.947 bits per heavy atom. The summed E-state index contributed by atoms with van der Waals surface area (Å²) in [4.78, 5) is 0. The van der Waals surface area contributed by atoms with Gasteiger partial charge >= 0.3 is 0 Å². The lowest BCUT2D eigenvalue weighted by atomic mass is 9.81. The Morgan fingerprint density at radius 3 is 1.58 bits per heavy atom. The summed E-state index contributed by atoms with van der Waals surface area (Å²) in [5, 5.41) is 0. The van der Waals surface area contributed by atoms with Gasteiger partial charge in [-0.1, -0.05) is 32.7 Å². The molecule has 0 aromatic rings. The topological polar surface area (TPSA) is 18.5 Å². The Labute approximate surface area is 126 Å². The van der Waals surface area contributed by atoms with Crippen molar-refractivity contribution in [1.82, 2.24) is 0 Å². The Bertz CT molecular complexity index is 161. The van der Waals surface area contributed by atoms with Crippen LogP contribution in [0.3, 0.4) is 0 Å². The molecule has 0 aromatic heterocycles. The van der Waals surface area contributed by atoms with Gasteiger partial charge in [-0.2, -0.15) is 0 Å². The zero-order valence-electron chi connectivity index (χ0n) is 12.2. The molecular weight excluding hydrogens is 231 g/mol. The zero-order valence-corrected chi connectivity index (χ0v) is 12.2. The van der Waals surface area contributed by atoms with Gasteiger partial charge in [0.25, 0.3) is 0 Å². The Kier molecular flexibility index (Phi) is 20.7. The van der Waals surface area contributed by atoms with E-state index >= 15 is 0 Å². The maximum absolute atomic E-state index is 5.42. The molecule has 0 saturated carbocycles. The van der Waals surface area contributed by atoms with Crippen LogP contribution >= 0.6 is 0 Å². The van der Waals surface area contributed by atoms with Gasteiger partial charge in [0.2, 0.25) is 0 Å². The lowest BCUT2D eigenvalue weighted by Crippen LogP contribution is -2.26. The fourth-order valence-corrected chi connectivity index (χ4v) is 1.34. The van der Waals surface area contributed by atoms with Crippen LogP contribution < -0.4 is 0 Å². The summed E-state index contributed by atoms with van der Waals surface area (Å²) in [7, 11) is 24.7. The Hall–Kier alpha value is 0.180. The summed E-state index contributed by atoms with van der Waals surface area (Å²) >= 11 is 0. The minimum Gasteiger partial charge on any atom is -0.382 e. The normalized spacial score (nSPS) is 13.1. The lowest BCUT2D eigenvalue weighted by molar-refractivity contribution is 0.0204. The van der Waals surface area contributed by atoms with Gasteiger partial charge in [0.1, 0.15) is 0 Å². The minimum absolute atomic E-state index is 0. The van der Waals surface area contributed by atoms with Gasteiger partial charge in [-0.05, 0) is 26.2 Å². The minimum atomic E-state index is -0.214. The van der Waals surface area contributed by atoms with E-state index in [1.165, 1.54) is 0 Å². The molecule has 1 unspecified atom stereocenters. The molecule has 0 spiro atoms. The fraction of sp³-hybridized carbons (Fsp3) is 1.00. The first kappa shape index (κ1) is 24.2. The van der Waals surface area contributed by atoms with E-state index in [1.807, 2.05) is 6.92 Å². The Balaban J connectivity index is -0.000000256. The summed E-state index contributed by atoms with van der Waals surface area (Å²) in [6.45, 7) is 1.96. The van der Waals surface area contributed by atoms with E-state index in [0.717, 1.165) is 19.3 Å². The molecule has 0 saturated heterocycles. The molecule has 6 heteroatoms. The van der Waals surface area contributed by atoms with Crippen LogP contribution in [0.2, 0.25) is 25.3 Å². The molecular formula is C13H28B4O2. The van der Waals surface area contributed by atoms with Crippen molar-refractivity contribution in [2.45, 2.75) is 70.6 Å². The summed E-state index contributed by atoms with van der Waals surface area (Å²) in [6, 6.07) is 0. The third-order valence-electron chi connectivity index (χ3n) is 2.91. The molecule has 2 nitrogen and oxygen atoms in total. The predicted octanol–water partition coefficient (Wildman–Crippen LogP) is 2.55. The van der Waals surface area contributed by atoms with Crippen LogP contribution in [0.4, 0.5) is 0 Å². The third kappa shape index (κ3) is 14.4. The highest BCUT2D eigenvalue weighted by Crippen LogP contribution is 2.19. The molecule has 0 heterocycles. The van der Waals surface area contributed by atoms with Gasteiger partial charge in [0.15, 0.2) is 0 Å².